The Kier molecular flexibility index (Phi) is 1.90. The van der Waals surface area contributed by atoms with Crippen molar-refractivity contribution in [2.75, 3.05) is 6.54 Å². The average molecular weight is 160 g/mol. The number of nitrogens with zero attached hydrogens (tertiary/aromatic N) is 2. The van der Waals surface area contributed by atoms with E-state index in [0.717, 1.165) is 18.7 Å². The molecule has 0 radical (unpaired) electrons. The molecule has 2 nitrogen and oxygen atoms in total. The van der Waals surface area contributed by atoms with Crippen molar-refractivity contribution < 1.29 is 0 Å². The van der Waals surface area contributed by atoms with E-state index in [2.05, 4.69) is 23.0 Å². The lowest BCUT2D eigenvalue weighted by Gasteiger charge is -1.99. The van der Waals surface area contributed by atoms with Gasteiger partial charge in [0.25, 0.3) is 0 Å². The average Bonchev–Trinajstić information content (AvgIpc) is 2.56. The molecule has 0 N–H and O–H groups in total. The van der Waals surface area contributed by atoms with Gasteiger partial charge in [0.15, 0.2) is 0 Å². The molecular formula is C10H12N2. The van der Waals surface area contributed by atoms with Crippen LogP contribution in [0.5, 0.6) is 0 Å². The third-order valence-corrected chi connectivity index (χ3v) is 2.09. The van der Waals surface area contributed by atoms with Crippen LogP contribution in [0.15, 0.2) is 23.3 Å². The third kappa shape index (κ3) is 1.37. The lowest BCUT2D eigenvalue weighted by Crippen LogP contribution is -1.99. The molecule has 1 aromatic heterocycles. The van der Waals surface area contributed by atoms with E-state index in [1.54, 1.807) is 0 Å². The molecule has 0 spiro atoms. The minimum Gasteiger partial charge on any atom is -0.288 e. The zero-order valence-corrected chi connectivity index (χ0v) is 7.25. The standard InChI is InChI=1S/C10H12N2/c1-8-4-6-12-10(7-8)9-3-2-5-11-9/h4,6-7H,2-3,5H2,1H3. The molecule has 1 aliphatic rings. The van der Waals surface area contributed by atoms with Crippen LogP contribution in [0.2, 0.25) is 0 Å². The number of aliphatic imine (C=N–C) groups is 1. The van der Waals surface area contributed by atoms with Gasteiger partial charge in [0.1, 0.15) is 0 Å². The molecule has 0 fully saturated rings. The molecule has 2 heteroatoms. The second-order valence-corrected chi connectivity index (χ2v) is 3.15. The Hall–Kier alpha value is -1.18. The molecular weight excluding hydrogens is 148 g/mol. The van der Waals surface area contributed by atoms with Crippen LogP contribution in [0.1, 0.15) is 24.1 Å². The Labute approximate surface area is 72.4 Å². The van der Waals surface area contributed by atoms with Crippen molar-refractivity contribution in [3.05, 3.63) is 29.6 Å². The smallest absolute Gasteiger partial charge is 0.0842 e. The zero-order valence-electron chi connectivity index (χ0n) is 7.25. The number of aryl methyl sites for hydroxylation is 1. The third-order valence-electron chi connectivity index (χ3n) is 2.09. The first-order valence-corrected chi connectivity index (χ1v) is 4.32. The van der Waals surface area contributed by atoms with Crippen LogP contribution >= 0.6 is 0 Å². The van der Waals surface area contributed by atoms with Crippen molar-refractivity contribution in [1.82, 2.24) is 4.98 Å². The normalized spacial score (nSPS) is 16.2. The molecule has 1 aliphatic heterocycles. The predicted octanol–water partition coefficient (Wildman–Crippen LogP) is 1.97. The maximum atomic E-state index is 4.40. The van der Waals surface area contributed by atoms with E-state index in [4.69, 9.17) is 0 Å². The summed E-state index contributed by atoms with van der Waals surface area (Å²) < 4.78 is 0. The number of hydrogen-bond donors (Lipinski definition) is 0. The van der Waals surface area contributed by atoms with E-state index in [1.807, 2.05) is 12.3 Å². The van der Waals surface area contributed by atoms with Crippen LogP contribution in [0.4, 0.5) is 0 Å². The van der Waals surface area contributed by atoms with Crippen LogP contribution in [0.25, 0.3) is 0 Å². The van der Waals surface area contributed by atoms with Gasteiger partial charge in [-0.2, -0.15) is 0 Å². The summed E-state index contributed by atoms with van der Waals surface area (Å²) >= 11 is 0. The molecule has 0 amide bonds. The highest BCUT2D eigenvalue weighted by Gasteiger charge is 2.09. The van der Waals surface area contributed by atoms with Gasteiger partial charge in [-0.15, -0.1) is 0 Å². The Morgan fingerprint density at radius 1 is 1.42 bits per heavy atom. The van der Waals surface area contributed by atoms with Gasteiger partial charge < -0.3 is 0 Å². The summed E-state index contributed by atoms with van der Waals surface area (Å²) in [4.78, 5) is 8.69. The van der Waals surface area contributed by atoms with Crippen molar-refractivity contribution in [2.45, 2.75) is 19.8 Å². The molecule has 0 unspecified atom stereocenters. The summed E-state index contributed by atoms with van der Waals surface area (Å²) in [6, 6.07) is 4.11. The molecule has 12 heavy (non-hydrogen) atoms. The Balaban J connectivity index is 2.33. The van der Waals surface area contributed by atoms with E-state index in [0.29, 0.717) is 0 Å². The van der Waals surface area contributed by atoms with Crippen molar-refractivity contribution in [3.63, 3.8) is 0 Å². The molecule has 2 rings (SSSR count). The Morgan fingerprint density at radius 3 is 3.00 bits per heavy atom. The summed E-state index contributed by atoms with van der Waals surface area (Å²) in [7, 11) is 0. The second kappa shape index (κ2) is 3.05. The lowest BCUT2D eigenvalue weighted by molar-refractivity contribution is 0.950. The highest BCUT2D eigenvalue weighted by molar-refractivity contribution is 5.99. The Morgan fingerprint density at radius 2 is 2.33 bits per heavy atom. The van der Waals surface area contributed by atoms with Crippen molar-refractivity contribution in [1.29, 1.82) is 0 Å². The first-order valence-electron chi connectivity index (χ1n) is 4.32. The Bertz CT molecular complexity index is 315. The first-order chi connectivity index (χ1) is 5.86. The summed E-state index contributed by atoms with van der Waals surface area (Å²) in [6.45, 7) is 3.06. The minimum absolute atomic E-state index is 0.977. The quantitative estimate of drug-likeness (QED) is 0.616. The summed E-state index contributed by atoms with van der Waals surface area (Å²) in [5.74, 6) is 0. The van der Waals surface area contributed by atoms with Gasteiger partial charge >= 0.3 is 0 Å². The molecule has 0 bridgehead atoms. The largest absolute Gasteiger partial charge is 0.288 e. The maximum absolute atomic E-state index is 4.40. The minimum atomic E-state index is 0.977. The number of hydrogen-bond acceptors (Lipinski definition) is 2. The molecule has 62 valence electrons. The van der Waals surface area contributed by atoms with Crippen molar-refractivity contribution in [3.8, 4) is 0 Å². The highest BCUT2D eigenvalue weighted by Crippen LogP contribution is 2.11. The van der Waals surface area contributed by atoms with E-state index < -0.39 is 0 Å². The molecule has 2 heterocycles. The SMILES string of the molecule is Cc1ccnc(C2=NCCC2)c1. The summed E-state index contributed by atoms with van der Waals surface area (Å²) in [5.41, 5.74) is 3.50. The van der Waals surface area contributed by atoms with Crippen molar-refractivity contribution >= 4 is 5.71 Å². The van der Waals surface area contributed by atoms with Crippen molar-refractivity contribution in [2.24, 2.45) is 4.99 Å². The van der Waals surface area contributed by atoms with E-state index in [9.17, 15) is 0 Å². The fourth-order valence-corrected chi connectivity index (χ4v) is 1.44. The first kappa shape index (κ1) is 7.47. The highest BCUT2D eigenvalue weighted by atomic mass is 14.8. The van der Waals surface area contributed by atoms with Crippen LogP contribution < -0.4 is 0 Å². The molecule has 0 aliphatic carbocycles. The van der Waals surface area contributed by atoms with Gasteiger partial charge in [-0.3, -0.25) is 9.98 Å². The van der Waals surface area contributed by atoms with Gasteiger partial charge in [0.05, 0.1) is 11.4 Å². The molecule has 0 aromatic carbocycles. The van der Waals surface area contributed by atoms with Gasteiger partial charge in [-0.25, -0.2) is 0 Å². The van der Waals surface area contributed by atoms with Crippen LogP contribution in [0.3, 0.4) is 0 Å². The topological polar surface area (TPSA) is 25.2 Å². The van der Waals surface area contributed by atoms with Gasteiger partial charge in [-0.1, -0.05) is 0 Å². The van der Waals surface area contributed by atoms with E-state index in [1.165, 1.54) is 17.7 Å². The number of aromatic nitrogens is 1. The lowest BCUT2D eigenvalue weighted by atomic mass is 10.1. The summed E-state index contributed by atoms with van der Waals surface area (Å²) in [6.07, 6.45) is 4.13. The molecule has 0 saturated carbocycles. The molecule has 0 saturated heterocycles. The fourth-order valence-electron chi connectivity index (χ4n) is 1.44. The van der Waals surface area contributed by atoms with Gasteiger partial charge in [0.2, 0.25) is 0 Å². The number of pyridine rings is 1. The molecule has 1 aromatic rings. The zero-order chi connectivity index (χ0) is 8.39. The van der Waals surface area contributed by atoms with E-state index in [-0.39, 0.29) is 0 Å². The van der Waals surface area contributed by atoms with E-state index >= 15 is 0 Å². The van der Waals surface area contributed by atoms with Gasteiger partial charge in [0, 0.05) is 12.7 Å². The monoisotopic (exact) mass is 160 g/mol. The summed E-state index contributed by atoms with van der Waals surface area (Å²) in [5, 5.41) is 0. The molecule has 0 atom stereocenters. The maximum Gasteiger partial charge on any atom is 0.0842 e. The second-order valence-electron chi connectivity index (χ2n) is 3.15. The fraction of sp³-hybridized carbons (Fsp3) is 0.400. The van der Waals surface area contributed by atoms with Gasteiger partial charge in [-0.05, 0) is 37.5 Å². The van der Waals surface area contributed by atoms with Crippen LogP contribution in [-0.4, -0.2) is 17.2 Å². The predicted molar refractivity (Wildman–Crippen MR) is 49.6 cm³/mol. The number of rotatable bonds is 1. The van der Waals surface area contributed by atoms with Crippen LogP contribution in [0, 0.1) is 6.92 Å². The van der Waals surface area contributed by atoms with Crippen LogP contribution in [-0.2, 0) is 0 Å².